The summed E-state index contributed by atoms with van der Waals surface area (Å²) in [4.78, 5) is 11.7. The second kappa shape index (κ2) is 6.39. The van der Waals surface area contributed by atoms with Gasteiger partial charge in [-0.2, -0.15) is 0 Å². The summed E-state index contributed by atoms with van der Waals surface area (Å²) in [5, 5.41) is 0. The molecule has 0 saturated heterocycles. The van der Waals surface area contributed by atoms with Crippen LogP contribution in [0.3, 0.4) is 0 Å². The lowest BCUT2D eigenvalue weighted by Gasteiger charge is -2.34. The van der Waals surface area contributed by atoms with Gasteiger partial charge in [-0.25, -0.2) is 0 Å². The molecular weight excluding hydrogens is 216 g/mol. The van der Waals surface area contributed by atoms with Crippen LogP contribution >= 0.6 is 0 Å². The van der Waals surface area contributed by atoms with Gasteiger partial charge in [0.05, 0.1) is 25.2 Å². The highest BCUT2D eigenvalue weighted by molar-refractivity contribution is 5.73. The number of hydrogen-bond donors (Lipinski definition) is 0. The number of carbonyl (C=O) groups excluding carboxylic acids is 1. The molecule has 0 aliphatic heterocycles. The molecule has 0 spiro atoms. The molecule has 0 heterocycles. The van der Waals surface area contributed by atoms with Crippen LogP contribution in [-0.4, -0.2) is 25.3 Å². The fourth-order valence-corrected chi connectivity index (χ4v) is 3.13. The fourth-order valence-electron chi connectivity index (χ4n) is 3.13. The third kappa shape index (κ3) is 3.44. The van der Waals surface area contributed by atoms with Crippen LogP contribution < -0.4 is 0 Å². The molecule has 2 unspecified atom stereocenters. The molecule has 2 rings (SSSR count). The number of ether oxygens (including phenoxy) is 2. The normalized spacial score (nSPS) is 31.1. The van der Waals surface area contributed by atoms with Gasteiger partial charge in [-0.3, -0.25) is 4.79 Å². The highest BCUT2D eigenvalue weighted by atomic mass is 16.5. The van der Waals surface area contributed by atoms with Crippen molar-refractivity contribution >= 4 is 5.97 Å². The lowest BCUT2D eigenvalue weighted by Crippen LogP contribution is -2.37. The van der Waals surface area contributed by atoms with Gasteiger partial charge in [0.2, 0.25) is 0 Å². The van der Waals surface area contributed by atoms with Crippen LogP contribution in [0.25, 0.3) is 0 Å². The average Bonchev–Trinajstić information content (AvgIpc) is 2.40. The van der Waals surface area contributed by atoms with Crippen molar-refractivity contribution in [3.05, 3.63) is 0 Å². The van der Waals surface area contributed by atoms with Gasteiger partial charge in [-0.1, -0.05) is 32.1 Å². The van der Waals surface area contributed by atoms with Crippen LogP contribution in [0.1, 0.15) is 57.8 Å². The van der Waals surface area contributed by atoms with Crippen molar-refractivity contribution in [2.24, 2.45) is 5.92 Å². The van der Waals surface area contributed by atoms with Crippen molar-refractivity contribution in [3.8, 4) is 0 Å². The van der Waals surface area contributed by atoms with Crippen LogP contribution in [0.4, 0.5) is 0 Å². The Kier molecular flexibility index (Phi) is 4.84. The molecule has 2 aliphatic carbocycles. The van der Waals surface area contributed by atoms with Crippen LogP contribution in [0.15, 0.2) is 0 Å². The summed E-state index contributed by atoms with van der Waals surface area (Å²) >= 11 is 0. The molecule has 2 fully saturated rings. The Bertz CT molecular complexity index is 246. The first-order chi connectivity index (χ1) is 8.31. The molecule has 0 aromatic heterocycles. The van der Waals surface area contributed by atoms with E-state index in [0.717, 1.165) is 19.3 Å². The van der Waals surface area contributed by atoms with E-state index in [4.69, 9.17) is 9.47 Å². The van der Waals surface area contributed by atoms with Gasteiger partial charge in [0.1, 0.15) is 0 Å². The van der Waals surface area contributed by atoms with Gasteiger partial charge >= 0.3 is 5.97 Å². The first-order valence-corrected chi connectivity index (χ1v) is 7.04. The predicted molar refractivity (Wildman–Crippen MR) is 65.7 cm³/mol. The second-order valence-corrected chi connectivity index (χ2v) is 5.35. The zero-order valence-electron chi connectivity index (χ0n) is 10.8. The lowest BCUT2D eigenvalue weighted by atomic mass is 9.86. The van der Waals surface area contributed by atoms with Crippen LogP contribution in [0.5, 0.6) is 0 Å². The van der Waals surface area contributed by atoms with E-state index in [1.165, 1.54) is 45.6 Å². The monoisotopic (exact) mass is 240 g/mol. The van der Waals surface area contributed by atoms with E-state index < -0.39 is 0 Å². The van der Waals surface area contributed by atoms with Gasteiger partial charge in [0.25, 0.3) is 0 Å². The third-order valence-corrected chi connectivity index (χ3v) is 4.13. The highest BCUT2D eigenvalue weighted by Crippen LogP contribution is 2.31. The maximum absolute atomic E-state index is 11.7. The SMILES string of the molecule is COC(=O)C1CCCCC1OC1CCCCC1. The number of rotatable bonds is 3. The molecule has 0 aromatic carbocycles. The summed E-state index contributed by atoms with van der Waals surface area (Å²) in [6.07, 6.45) is 11.0. The number of carbonyl (C=O) groups is 1. The van der Waals surface area contributed by atoms with E-state index >= 15 is 0 Å². The average molecular weight is 240 g/mol. The molecule has 2 atom stereocenters. The van der Waals surface area contributed by atoms with Crippen molar-refractivity contribution in [1.29, 1.82) is 0 Å². The van der Waals surface area contributed by atoms with E-state index in [1.807, 2.05) is 0 Å². The van der Waals surface area contributed by atoms with Crippen molar-refractivity contribution < 1.29 is 14.3 Å². The summed E-state index contributed by atoms with van der Waals surface area (Å²) in [5.74, 6) is -0.0961. The predicted octanol–water partition coefficient (Wildman–Crippen LogP) is 3.07. The van der Waals surface area contributed by atoms with Gasteiger partial charge in [0, 0.05) is 0 Å². The quantitative estimate of drug-likeness (QED) is 0.711. The van der Waals surface area contributed by atoms with Gasteiger partial charge in [0.15, 0.2) is 0 Å². The molecule has 0 bridgehead atoms. The Hall–Kier alpha value is -0.570. The van der Waals surface area contributed by atoms with E-state index in [0.29, 0.717) is 6.10 Å². The zero-order valence-corrected chi connectivity index (χ0v) is 10.8. The zero-order chi connectivity index (χ0) is 12.1. The number of hydrogen-bond acceptors (Lipinski definition) is 3. The molecule has 0 amide bonds. The summed E-state index contributed by atoms with van der Waals surface area (Å²) in [7, 11) is 1.48. The van der Waals surface area contributed by atoms with E-state index in [-0.39, 0.29) is 18.0 Å². The molecule has 17 heavy (non-hydrogen) atoms. The number of methoxy groups -OCH3 is 1. The Balaban J connectivity index is 1.88. The number of esters is 1. The molecule has 98 valence electrons. The van der Waals surface area contributed by atoms with Crippen molar-refractivity contribution in [1.82, 2.24) is 0 Å². The van der Waals surface area contributed by atoms with Crippen molar-refractivity contribution in [2.45, 2.75) is 70.0 Å². The topological polar surface area (TPSA) is 35.5 Å². The van der Waals surface area contributed by atoms with Gasteiger partial charge in [-0.15, -0.1) is 0 Å². The molecule has 0 aromatic rings. The summed E-state index contributed by atoms with van der Waals surface area (Å²) in [5.41, 5.74) is 0. The maximum Gasteiger partial charge on any atom is 0.311 e. The molecule has 3 nitrogen and oxygen atoms in total. The van der Waals surface area contributed by atoms with Gasteiger partial charge in [-0.05, 0) is 25.7 Å². The molecule has 0 radical (unpaired) electrons. The maximum atomic E-state index is 11.7. The smallest absolute Gasteiger partial charge is 0.311 e. The van der Waals surface area contributed by atoms with Crippen LogP contribution in [0, 0.1) is 5.92 Å². The minimum atomic E-state index is -0.0782. The van der Waals surface area contributed by atoms with Crippen LogP contribution in [-0.2, 0) is 14.3 Å². The first-order valence-electron chi connectivity index (χ1n) is 7.04. The largest absolute Gasteiger partial charge is 0.469 e. The van der Waals surface area contributed by atoms with Gasteiger partial charge < -0.3 is 9.47 Å². The Labute approximate surface area is 104 Å². The first kappa shape index (κ1) is 12.9. The van der Waals surface area contributed by atoms with Crippen molar-refractivity contribution in [2.75, 3.05) is 7.11 Å². The van der Waals surface area contributed by atoms with E-state index in [9.17, 15) is 4.79 Å². The van der Waals surface area contributed by atoms with E-state index in [2.05, 4.69) is 0 Å². The molecular formula is C14H24O3. The Morgan fingerprint density at radius 2 is 1.59 bits per heavy atom. The highest BCUT2D eigenvalue weighted by Gasteiger charge is 2.34. The lowest BCUT2D eigenvalue weighted by molar-refractivity contribution is -0.157. The molecule has 0 N–H and O–H groups in total. The van der Waals surface area contributed by atoms with Crippen LogP contribution in [0.2, 0.25) is 0 Å². The summed E-state index contributed by atoms with van der Waals surface area (Å²) < 4.78 is 11.1. The minimum Gasteiger partial charge on any atom is -0.469 e. The summed E-state index contributed by atoms with van der Waals surface area (Å²) in [6, 6.07) is 0. The molecule has 3 heteroatoms. The second-order valence-electron chi connectivity index (χ2n) is 5.35. The minimum absolute atomic E-state index is 0.0179. The third-order valence-electron chi connectivity index (χ3n) is 4.13. The Morgan fingerprint density at radius 1 is 0.941 bits per heavy atom. The van der Waals surface area contributed by atoms with Crippen molar-refractivity contribution in [3.63, 3.8) is 0 Å². The summed E-state index contributed by atoms with van der Waals surface area (Å²) in [6.45, 7) is 0. The molecule has 2 saturated carbocycles. The fraction of sp³-hybridized carbons (Fsp3) is 0.929. The molecule has 2 aliphatic rings. The Morgan fingerprint density at radius 3 is 2.29 bits per heavy atom. The standard InChI is InChI=1S/C14H24O3/c1-16-14(15)12-9-5-6-10-13(12)17-11-7-3-2-4-8-11/h11-13H,2-10H2,1H3. The van der Waals surface area contributed by atoms with E-state index in [1.54, 1.807) is 0 Å².